The van der Waals surface area contributed by atoms with E-state index in [1.165, 1.54) is 5.56 Å². The Morgan fingerprint density at radius 1 is 1.14 bits per heavy atom. The third kappa shape index (κ3) is 3.91. The molecule has 0 aliphatic rings. The van der Waals surface area contributed by atoms with Crippen molar-refractivity contribution in [1.29, 1.82) is 0 Å². The molecule has 0 saturated carbocycles. The third-order valence-electron chi connectivity index (χ3n) is 3.92. The fourth-order valence-corrected chi connectivity index (χ4v) is 2.19. The highest BCUT2D eigenvalue weighted by molar-refractivity contribution is 5.54. The Labute approximate surface area is 127 Å². The lowest BCUT2D eigenvalue weighted by molar-refractivity contribution is 0.331. The molecule has 4 nitrogen and oxygen atoms in total. The van der Waals surface area contributed by atoms with Gasteiger partial charge >= 0.3 is 0 Å². The number of aromatic nitrogens is 2. The van der Waals surface area contributed by atoms with Crippen molar-refractivity contribution in [2.45, 2.75) is 52.5 Å². The first-order valence-corrected chi connectivity index (χ1v) is 7.82. The number of nitrogens with zero attached hydrogens (tertiary/aromatic N) is 2. The van der Waals surface area contributed by atoms with E-state index in [0.29, 0.717) is 17.8 Å². The van der Waals surface area contributed by atoms with E-state index in [2.05, 4.69) is 67.4 Å². The second-order valence-corrected chi connectivity index (χ2v) is 5.54. The lowest BCUT2D eigenvalue weighted by atomic mass is 10.0. The summed E-state index contributed by atoms with van der Waals surface area (Å²) in [5.74, 6) is 1.57. The number of nitrogens with one attached hydrogen (secondary N) is 1. The summed E-state index contributed by atoms with van der Waals surface area (Å²) in [6.45, 7) is 9.58. The highest BCUT2D eigenvalue weighted by Gasteiger charge is 2.20. The van der Waals surface area contributed by atoms with Gasteiger partial charge in [-0.05, 0) is 31.9 Å². The van der Waals surface area contributed by atoms with Gasteiger partial charge < -0.3 is 9.84 Å². The van der Waals surface area contributed by atoms with Crippen LogP contribution >= 0.6 is 0 Å². The lowest BCUT2D eigenvalue weighted by Gasteiger charge is -2.17. The molecule has 1 N–H and O–H groups in total. The van der Waals surface area contributed by atoms with Gasteiger partial charge in [-0.3, -0.25) is 0 Å². The minimum atomic E-state index is 0.202. The topological polar surface area (TPSA) is 51.0 Å². The molecule has 0 radical (unpaired) electrons. The molecule has 2 unspecified atom stereocenters. The summed E-state index contributed by atoms with van der Waals surface area (Å²) < 4.78 is 5.44. The molecule has 0 fully saturated rings. The number of benzene rings is 1. The van der Waals surface area contributed by atoms with Gasteiger partial charge in [0.25, 0.3) is 0 Å². The molecule has 1 aromatic heterocycles. The summed E-state index contributed by atoms with van der Waals surface area (Å²) in [6, 6.07) is 8.65. The summed E-state index contributed by atoms with van der Waals surface area (Å²) in [4.78, 5) is 4.55. The molecule has 2 rings (SSSR count). The van der Waals surface area contributed by atoms with Gasteiger partial charge in [-0.25, -0.2) is 0 Å². The summed E-state index contributed by atoms with van der Waals surface area (Å²) in [7, 11) is 0. The van der Waals surface area contributed by atoms with Crippen LogP contribution in [-0.4, -0.2) is 22.7 Å². The van der Waals surface area contributed by atoms with E-state index in [-0.39, 0.29) is 5.92 Å². The first kappa shape index (κ1) is 15.7. The number of rotatable bonds is 7. The van der Waals surface area contributed by atoms with Crippen molar-refractivity contribution in [2.75, 3.05) is 6.54 Å². The van der Waals surface area contributed by atoms with Gasteiger partial charge in [0.15, 0.2) is 0 Å². The maximum absolute atomic E-state index is 5.44. The van der Waals surface area contributed by atoms with E-state index < -0.39 is 0 Å². The molecule has 0 aliphatic carbocycles. The fourth-order valence-electron chi connectivity index (χ4n) is 2.19. The van der Waals surface area contributed by atoms with Crippen LogP contribution in [0.5, 0.6) is 0 Å². The molecule has 2 atom stereocenters. The molecule has 0 spiro atoms. The Balaban J connectivity index is 2.09. The Bertz CT molecular complexity index is 547. The van der Waals surface area contributed by atoms with Gasteiger partial charge in [0.2, 0.25) is 11.7 Å². The zero-order valence-electron chi connectivity index (χ0n) is 13.4. The lowest BCUT2D eigenvalue weighted by Crippen LogP contribution is -2.31. The summed E-state index contributed by atoms with van der Waals surface area (Å²) in [6.07, 6.45) is 2.16. The second kappa shape index (κ2) is 7.36. The van der Waals surface area contributed by atoms with Gasteiger partial charge in [0, 0.05) is 11.6 Å². The highest BCUT2D eigenvalue weighted by atomic mass is 16.5. The number of hydrogen-bond donors (Lipinski definition) is 1. The molecule has 21 heavy (non-hydrogen) atoms. The normalized spacial score (nSPS) is 14.1. The predicted molar refractivity (Wildman–Crippen MR) is 85.3 cm³/mol. The van der Waals surface area contributed by atoms with Gasteiger partial charge in [-0.2, -0.15) is 4.98 Å². The summed E-state index contributed by atoms with van der Waals surface area (Å²) in [5, 5.41) is 7.58. The Morgan fingerprint density at radius 2 is 1.86 bits per heavy atom. The minimum absolute atomic E-state index is 0.202. The largest absolute Gasteiger partial charge is 0.339 e. The van der Waals surface area contributed by atoms with Crippen LogP contribution in [0, 0.1) is 0 Å². The maximum Gasteiger partial charge on any atom is 0.231 e. The Hall–Kier alpha value is -1.68. The van der Waals surface area contributed by atoms with Crippen LogP contribution in [-0.2, 0) is 6.42 Å². The molecule has 0 bridgehead atoms. The predicted octanol–water partition coefficient (Wildman–Crippen LogP) is 3.79. The smallest absolute Gasteiger partial charge is 0.231 e. The van der Waals surface area contributed by atoms with Crippen LogP contribution in [0.1, 0.15) is 51.5 Å². The molecular formula is C17H25N3O. The average molecular weight is 287 g/mol. The summed E-state index contributed by atoms with van der Waals surface area (Å²) in [5.41, 5.74) is 2.32. The molecular weight excluding hydrogens is 262 g/mol. The highest BCUT2D eigenvalue weighted by Crippen LogP contribution is 2.22. The molecule has 1 heterocycles. The first-order chi connectivity index (χ1) is 10.2. The maximum atomic E-state index is 5.44. The van der Waals surface area contributed by atoms with Crippen molar-refractivity contribution in [1.82, 2.24) is 15.5 Å². The van der Waals surface area contributed by atoms with Crippen molar-refractivity contribution in [2.24, 2.45) is 0 Å². The Kier molecular flexibility index (Phi) is 5.51. The monoisotopic (exact) mass is 287 g/mol. The molecule has 4 heteroatoms. The van der Waals surface area contributed by atoms with Crippen LogP contribution in [0.25, 0.3) is 11.4 Å². The average Bonchev–Trinajstić information content (AvgIpc) is 3.01. The van der Waals surface area contributed by atoms with Crippen molar-refractivity contribution in [3.8, 4) is 11.4 Å². The van der Waals surface area contributed by atoms with Crippen LogP contribution in [0.15, 0.2) is 28.8 Å². The first-order valence-electron chi connectivity index (χ1n) is 7.82. The van der Waals surface area contributed by atoms with Gasteiger partial charge in [0.05, 0.1) is 5.92 Å². The van der Waals surface area contributed by atoms with E-state index >= 15 is 0 Å². The zero-order valence-corrected chi connectivity index (χ0v) is 13.4. The van der Waals surface area contributed by atoms with E-state index in [1.807, 2.05) is 0 Å². The van der Waals surface area contributed by atoms with E-state index in [4.69, 9.17) is 4.52 Å². The van der Waals surface area contributed by atoms with Crippen molar-refractivity contribution >= 4 is 0 Å². The van der Waals surface area contributed by atoms with Crippen molar-refractivity contribution in [3.63, 3.8) is 0 Å². The SMILES string of the molecule is CCCNC(C)C(C)c1nc(-c2ccc(CC)cc2)no1. The molecule has 0 aliphatic heterocycles. The molecule has 0 saturated heterocycles. The van der Waals surface area contributed by atoms with E-state index in [1.54, 1.807) is 0 Å². The minimum Gasteiger partial charge on any atom is -0.339 e. The van der Waals surface area contributed by atoms with Gasteiger partial charge in [0.1, 0.15) is 0 Å². The van der Waals surface area contributed by atoms with E-state index in [0.717, 1.165) is 24.9 Å². The fraction of sp³-hybridized carbons (Fsp3) is 0.529. The summed E-state index contributed by atoms with van der Waals surface area (Å²) >= 11 is 0. The van der Waals surface area contributed by atoms with Crippen LogP contribution in [0.2, 0.25) is 0 Å². The van der Waals surface area contributed by atoms with Crippen molar-refractivity contribution in [3.05, 3.63) is 35.7 Å². The van der Waals surface area contributed by atoms with Crippen LogP contribution in [0.3, 0.4) is 0 Å². The number of hydrogen-bond acceptors (Lipinski definition) is 4. The third-order valence-corrected chi connectivity index (χ3v) is 3.92. The molecule has 1 aromatic carbocycles. The molecule has 114 valence electrons. The van der Waals surface area contributed by atoms with E-state index in [9.17, 15) is 0 Å². The van der Waals surface area contributed by atoms with Crippen molar-refractivity contribution < 1.29 is 4.52 Å². The standard InChI is InChI=1S/C17H25N3O/c1-5-11-18-13(4)12(3)17-19-16(20-21-17)15-9-7-14(6-2)8-10-15/h7-10,12-13,18H,5-6,11H2,1-4H3. The number of aryl methyl sites for hydroxylation is 1. The Morgan fingerprint density at radius 3 is 2.48 bits per heavy atom. The van der Waals surface area contributed by atoms with Crippen LogP contribution in [0.4, 0.5) is 0 Å². The van der Waals surface area contributed by atoms with Crippen LogP contribution < -0.4 is 5.32 Å². The second-order valence-electron chi connectivity index (χ2n) is 5.54. The quantitative estimate of drug-likeness (QED) is 0.841. The van der Waals surface area contributed by atoms with Gasteiger partial charge in [-0.1, -0.05) is 50.2 Å². The van der Waals surface area contributed by atoms with Gasteiger partial charge in [-0.15, -0.1) is 0 Å². The zero-order chi connectivity index (χ0) is 15.2. The molecule has 2 aromatic rings. The molecule has 0 amide bonds.